The lowest BCUT2D eigenvalue weighted by molar-refractivity contribution is 0.292. The van der Waals surface area contributed by atoms with Gasteiger partial charge in [0.15, 0.2) is 0 Å². The standard InChI is InChI=1S/C10H11FN2O/c11-10-3-2-9(6-8(10)7-12)13-4-1-5-14/h2-3,6,13-14H,1,4-5H2. The van der Waals surface area contributed by atoms with Crippen molar-refractivity contribution in [3.8, 4) is 6.07 Å². The summed E-state index contributed by atoms with van der Waals surface area (Å²) >= 11 is 0. The predicted molar refractivity (Wildman–Crippen MR) is 51.3 cm³/mol. The fourth-order valence-electron chi connectivity index (χ4n) is 1.03. The molecule has 0 saturated heterocycles. The van der Waals surface area contributed by atoms with Gasteiger partial charge in [0.1, 0.15) is 11.9 Å². The Morgan fingerprint density at radius 2 is 2.29 bits per heavy atom. The normalized spacial score (nSPS) is 9.50. The van der Waals surface area contributed by atoms with Crippen LogP contribution in [0.25, 0.3) is 0 Å². The van der Waals surface area contributed by atoms with Gasteiger partial charge in [-0.1, -0.05) is 0 Å². The van der Waals surface area contributed by atoms with Crippen molar-refractivity contribution in [3.05, 3.63) is 29.6 Å². The van der Waals surface area contributed by atoms with Gasteiger partial charge in [0, 0.05) is 18.8 Å². The smallest absolute Gasteiger partial charge is 0.141 e. The van der Waals surface area contributed by atoms with Gasteiger partial charge < -0.3 is 10.4 Å². The summed E-state index contributed by atoms with van der Waals surface area (Å²) in [5, 5.41) is 20.1. The van der Waals surface area contributed by atoms with Crippen LogP contribution in [-0.4, -0.2) is 18.3 Å². The van der Waals surface area contributed by atoms with E-state index >= 15 is 0 Å². The molecule has 2 N–H and O–H groups in total. The molecule has 3 nitrogen and oxygen atoms in total. The Balaban J connectivity index is 2.66. The number of benzene rings is 1. The van der Waals surface area contributed by atoms with Crippen LogP contribution in [0.1, 0.15) is 12.0 Å². The van der Waals surface area contributed by atoms with E-state index in [0.717, 1.165) is 0 Å². The van der Waals surface area contributed by atoms with Crippen LogP contribution >= 0.6 is 0 Å². The van der Waals surface area contributed by atoms with Gasteiger partial charge in [0.25, 0.3) is 0 Å². The SMILES string of the molecule is N#Cc1cc(NCCCO)ccc1F. The van der Waals surface area contributed by atoms with Crippen molar-refractivity contribution < 1.29 is 9.50 Å². The van der Waals surface area contributed by atoms with Gasteiger partial charge in [-0.05, 0) is 24.6 Å². The molecule has 0 aliphatic rings. The average molecular weight is 194 g/mol. The summed E-state index contributed by atoms with van der Waals surface area (Å²) < 4.78 is 12.9. The van der Waals surface area contributed by atoms with E-state index in [1.165, 1.54) is 12.1 Å². The van der Waals surface area contributed by atoms with E-state index in [4.69, 9.17) is 10.4 Å². The Kier molecular flexibility index (Phi) is 3.89. The molecule has 0 amide bonds. The molecule has 1 aromatic carbocycles. The highest BCUT2D eigenvalue weighted by atomic mass is 19.1. The number of anilines is 1. The lowest BCUT2D eigenvalue weighted by Crippen LogP contribution is -2.03. The molecule has 0 aromatic heterocycles. The summed E-state index contributed by atoms with van der Waals surface area (Å²) in [7, 11) is 0. The number of nitrogens with zero attached hydrogens (tertiary/aromatic N) is 1. The average Bonchev–Trinajstić information content (AvgIpc) is 2.21. The molecule has 4 heteroatoms. The molecular weight excluding hydrogens is 183 g/mol. The van der Waals surface area contributed by atoms with E-state index in [1.807, 2.05) is 0 Å². The first-order valence-electron chi connectivity index (χ1n) is 4.32. The first kappa shape index (κ1) is 10.5. The van der Waals surface area contributed by atoms with Gasteiger partial charge in [-0.3, -0.25) is 0 Å². The van der Waals surface area contributed by atoms with Crippen molar-refractivity contribution in [2.24, 2.45) is 0 Å². The second-order valence-electron chi connectivity index (χ2n) is 2.81. The van der Waals surface area contributed by atoms with Crippen LogP contribution in [0.4, 0.5) is 10.1 Å². The molecule has 0 radical (unpaired) electrons. The minimum Gasteiger partial charge on any atom is -0.396 e. The molecule has 0 spiro atoms. The fraction of sp³-hybridized carbons (Fsp3) is 0.300. The number of aliphatic hydroxyl groups is 1. The van der Waals surface area contributed by atoms with E-state index in [1.54, 1.807) is 12.1 Å². The maximum atomic E-state index is 12.9. The van der Waals surface area contributed by atoms with Crippen molar-refractivity contribution in [1.82, 2.24) is 0 Å². The van der Waals surface area contributed by atoms with Crippen LogP contribution < -0.4 is 5.32 Å². The van der Waals surface area contributed by atoms with Crippen molar-refractivity contribution in [3.63, 3.8) is 0 Å². The van der Waals surface area contributed by atoms with E-state index in [2.05, 4.69) is 5.32 Å². The molecule has 0 heterocycles. The fourth-order valence-corrected chi connectivity index (χ4v) is 1.03. The Bertz CT molecular complexity index is 346. The number of rotatable bonds is 4. The predicted octanol–water partition coefficient (Wildman–Crippen LogP) is 1.49. The van der Waals surface area contributed by atoms with Gasteiger partial charge >= 0.3 is 0 Å². The third kappa shape index (κ3) is 2.71. The highest BCUT2D eigenvalue weighted by Gasteiger charge is 2.01. The minimum atomic E-state index is -0.514. The van der Waals surface area contributed by atoms with Crippen LogP contribution in [0.2, 0.25) is 0 Å². The van der Waals surface area contributed by atoms with Crippen molar-refractivity contribution in [1.29, 1.82) is 5.26 Å². The molecule has 0 aliphatic carbocycles. The largest absolute Gasteiger partial charge is 0.396 e. The quantitative estimate of drug-likeness (QED) is 0.714. The third-order valence-electron chi connectivity index (χ3n) is 1.75. The summed E-state index contributed by atoms with van der Waals surface area (Å²) in [6, 6.07) is 6.03. The number of halogens is 1. The molecule has 0 saturated carbocycles. The second kappa shape index (κ2) is 5.20. The second-order valence-corrected chi connectivity index (χ2v) is 2.81. The lowest BCUT2D eigenvalue weighted by Gasteiger charge is -2.05. The molecule has 0 bridgehead atoms. The summed E-state index contributed by atoms with van der Waals surface area (Å²) in [4.78, 5) is 0. The molecule has 0 atom stereocenters. The zero-order chi connectivity index (χ0) is 10.4. The maximum Gasteiger partial charge on any atom is 0.141 e. The molecule has 0 fully saturated rings. The van der Waals surface area contributed by atoms with E-state index in [9.17, 15) is 4.39 Å². The monoisotopic (exact) mass is 194 g/mol. The molecule has 74 valence electrons. The highest BCUT2D eigenvalue weighted by Crippen LogP contribution is 2.13. The van der Waals surface area contributed by atoms with Gasteiger partial charge in [-0.2, -0.15) is 5.26 Å². The van der Waals surface area contributed by atoms with Crippen molar-refractivity contribution in [2.45, 2.75) is 6.42 Å². The Hall–Kier alpha value is -1.60. The van der Waals surface area contributed by atoms with E-state index in [0.29, 0.717) is 18.7 Å². The summed E-state index contributed by atoms with van der Waals surface area (Å²) in [5.41, 5.74) is 0.718. The number of hydrogen-bond donors (Lipinski definition) is 2. The van der Waals surface area contributed by atoms with Crippen LogP contribution in [0, 0.1) is 17.1 Å². The van der Waals surface area contributed by atoms with Gasteiger partial charge in [0.2, 0.25) is 0 Å². The van der Waals surface area contributed by atoms with Crippen LogP contribution in [0.3, 0.4) is 0 Å². The highest BCUT2D eigenvalue weighted by molar-refractivity contribution is 5.49. The molecule has 1 aromatic rings. The summed E-state index contributed by atoms with van der Waals surface area (Å²) in [6.45, 7) is 0.715. The first-order valence-corrected chi connectivity index (χ1v) is 4.32. The molecule has 0 unspecified atom stereocenters. The van der Waals surface area contributed by atoms with Gasteiger partial charge in [0.05, 0.1) is 5.56 Å². The number of nitrogens with one attached hydrogen (secondary N) is 1. The lowest BCUT2D eigenvalue weighted by atomic mass is 10.2. The Morgan fingerprint density at radius 3 is 2.93 bits per heavy atom. The topological polar surface area (TPSA) is 56.0 Å². The molecular formula is C10H11FN2O. The zero-order valence-electron chi connectivity index (χ0n) is 7.63. The van der Waals surface area contributed by atoms with Crippen molar-refractivity contribution >= 4 is 5.69 Å². The molecule has 0 aliphatic heterocycles. The van der Waals surface area contributed by atoms with Crippen LogP contribution in [-0.2, 0) is 0 Å². The molecule has 1 rings (SSSR count). The Morgan fingerprint density at radius 1 is 1.50 bits per heavy atom. The van der Waals surface area contributed by atoms with E-state index in [-0.39, 0.29) is 12.2 Å². The zero-order valence-corrected chi connectivity index (χ0v) is 7.63. The van der Waals surface area contributed by atoms with Gasteiger partial charge in [-0.15, -0.1) is 0 Å². The molecule has 14 heavy (non-hydrogen) atoms. The minimum absolute atomic E-state index is 0.0269. The Labute approximate surface area is 81.8 Å². The van der Waals surface area contributed by atoms with Crippen LogP contribution in [0.15, 0.2) is 18.2 Å². The maximum absolute atomic E-state index is 12.9. The van der Waals surface area contributed by atoms with E-state index < -0.39 is 5.82 Å². The number of hydrogen-bond acceptors (Lipinski definition) is 3. The number of aliphatic hydroxyl groups excluding tert-OH is 1. The third-order valence-corrected chi connectivity index (χ3v) is 1.75. The number of nitriles is 1. The first-order chi connectivity index (χ1) is 6.77. The van der Waals surface area contributed by atoms with Gasteiger partial charge in [-0.25, -0.2) is 4.39 Å². The summed E-state index contributed by atoms with van der Waals surface area (Å²) in [5.74, 6) is -0.514. The summed E-state index contributed by atoms with van der Waals surface area (Å²) in [6.07, 6.45) is 0.624. The van der Waals surface area contributed by atoms with Crippen LogP contribution in [0.5, 0.6) is 0 Å². The van der Waals surface area contributed by atoms with Crippen molar-refractivity contribution in [2.75, 3.05) is 18.5 Å².